The van der Waals surface area contributed by atoms with Gasteiger partial charge in [0, 0.05) is 37.8 Å². The van der Waals surface area contributed by atoms with Crippen molar-refractivity contribution in [1.82, 2.24) is 39.5 Å². The lowest BCUT2D eigenvalue weighted by molar-refractivity contribution is -0.117. The Morgan fingerprint density at radius 3 is 1.83 bits per heavy atom. The molecule has 1 aliphatic rings. The van der Waals surface area contributed by atoms with Gasteiger partial charge in [0.15, 0.2) is 0 Å². The van der Waals surface area contributed by atoms with Gasteiger partial charge >= 0.3 is 12.2 Å². The van der Waals surface area contributed by atoms with Crippen molar-refractivity contribution in [2.75, 3.05) is 45.5 Å². The normalized spacial score (nSPS) is 14.4. The number of benzene rings is 5. The van der Waals surface area contributed by atoms with Gasteiger partial charge in [-0.1, -0.05) is 54.6 Å². The first-order valence-corrected chi connectivity index (χ1v) is 27.7. The lowest BCUT2D eigenvalue weighted by Gasteiger charge is -2.27. The maximum Gasteiger partial charge on any atom is 0.410 e. The summed E-state index contributed by atoms with van der Waals surface area (Å²) in [6.45, 7) is 11.2. The van der Waals surface area contributed by atoms with Crippen LogP contribution in [0.25, 0.3) is 22.5 Å². The Kier molecular flexibility index (Phi) is 17.7. The van der Waals surface area contributed by atoms with Crippen molar-refractivity contribution in [3.8, 4) is 39.8 Å². The fourth-order valence-corrected chi connectivity index (χ4v) is 12.0. The summed E-state index contributed by atoms with van der Waals surface area (Å²) in [4.78, 5) is 40.7. The van der Waals surface area contributed by atoms with Crippen LogP contribution in [0, 0.1) is 0 Å². The topological polar surface area (TPSA) is 278 Å². The first-order chi connectivity index (χ1) is 36.8. The van der Waals surface area contributed by atoms with Crippen LogP contribution in [0.3, 0.4) is 0 Å². The third kappa shape index (κ3) is 14.4. The zero-order valence-electron chi connectivity index (χ0n) is 45.2. The van der Waals surface area contributed by atoms with Crippen molar-refractivity contribution in [2.45, 2.75) is 108 Å². The number of carbonyl (C=O) groups is 3. The number of nitrogen functional groups attached to an aromatic ring is 1. The molecule has 2 heterocycles. The van der Waals surface area contributed by atoms with E-state index in [9.17, 15) is 14.4 Å². The van der Waals surface area contributed by atoms with Crippen LogP contribution in [0.2, 0.25) is 0 Å². The molecular weight excluding hydrogens is 1040 g/mol. The number of sulfonamides is 2. The molecular formula is C54H66N10O12S2. The number of amides is 3. The van der Waals surface area contributed by atoms with Crippen LogP contribution in [-0.2, 0) is 53.9 Å². The molecule has 1 unspecified atom stereocenters. The second-order valence-corrected chi connectivity index (χ2v) is 24.0. The summed E-state index contributed by atoms with van der Waals surface area (Å²) in [7, 11) is -5.43. The van der Waals surface area contributed by atoms with Crippen molar-refractivity contribution in [3.05, 3.63) is 120 Å². The minimum Gasteiger partial charge on any atom is -0.497 e. The number of tetrazole rings is 1. The van der Waals surface area contributed by atoms with Gasteiger partial charge in [-0.15, -0.1) is 10.2 Å². The standard InChI is InChI=1S/C54H66N10O12S2/c1-34(56-51(66)75-53(2,3)4)50(65)57-44-13-11-12-43(47(44)55)42-26-27-45(77(68,69)60-38-28-29-62(33-38)52(67)76-54(5,6)7)48(46(42)49-58-61-64(59-49)32-37-18-24-41(74-10)25-19-37)78(70,71)63(30-35-14-20-39(72-8)21-15-35)31-36-16-22-40(73-9)23-17-36/h11-27,34,38,60H,28-33,55H2,1-10H3,(H,56,66)(H,57,65)/t34?,38-/m1/s1. The van der Waals surface area contributed by atoms with Crippen molar-refractivity contribution in [2.24, 2.45) is 0 Å². The van der Waals surface area contributed by atoms with E-state index in [1.807, 2.05) is 0 Å². The van der Waals surface area contributed by atoms with Crippen LogP contribution in [0.5, 0.6) is 17.2 Å². The molecule has 0 aliphatic carbocycles. The van der Waals surface area contributed by atoms with Gasteiger partial charge in [0.2, 0.25) is 31.8 Å². The molecule has 5 N–H and O–H groups in total. The summed E-state index contributed by atoms with van der Waals surface area (Å²) in [5.41, 5.74) is 6.92. The van der Waals surface area contributed by atoms with E-state index in [2.05, 4.69) is 25.7 Å². The zero-order chi connectivity index (χ0) is 56.7. The smallest absolute Gasteiger partial charge is 0.410 e. The number of methoxy groups -OCH3 is 3. The monoisotopic (exact) mass is 1110 g/mol. The largest absolute Gasteiger partial charge is 0.497 e. The van der Waals surface area contributed by atoms with Crippen molar-refractivity contribution < 1.29 is 54.9 Å². The van der Waals surface area contributed by atoms with E-state index < -0.39 is 71.2 Å². The molecule has 0 saturated carbocycles. The van der Waals surface area contributed by atoms with Crippen molar-refractivity contribution >= 4 is 49.5 Å². The van der Waals surface area contributed by atoms with Crippen LogP contribution in [-0.4, -0.2) is 122 Å². The van der Waals surface area contributed by atoms with E-state index in [1.54, 1.807) is 126 Å². The molecule has 6 aromatic rings. The Labute approximate surface area is 454 Å². The number of nitrogens with one attached hydrogen (secondary N) is 3. The van der Waals surface area contributed by atoms with Gasteiger partial charge in [-0.3, -0.25) is 4.79 Å². The Morgan fingerprint density at radius 2 is 1.29 bits per heavy atom. The Morgan fingerprint density at radius 1 is 0.744 bits per heavy atom. The van der Waals surface area contributed by atoms with E-state index >= 15 is 16.8 Å². The van der Waals surface area contributed by atoms with Crippen molar-refractivity contribution in [1.29, 1.82) is 0 Å². The fourth-order valence-electron chi connectivity index (χ4n) is 8.34. The number of likely N-dealkylation sites (tertiary alicyclic amines) is 1. The molecule has 1 aromatic heterocycles. The van der Waals surface area contributed by atoms with E-state index in [4.69, 9.17) is 34.5 Å². The maximum absolute atomic E-state index is 16.3. The molecule has 1 aliphatic heterocycles. The Balaban J connectivity index is 1.45. The summed E-state index contributed by atoms with van der Waals surface area (Å²) in [5, 5.41) is 18.7. The summed E-state index contributed by atoms with van der Waals surface area (Å²) >= 11 is 0. The maximum atomic E-state index is 16.3. The number of para-hydroxylation sites is 1. The second-order valence-electron chi connectivity index (χ2n) is 20.4. The molecule has 0 spiro atoms. The third-order valence-electron chi connectivity index (χ3n) is 12.1. The van der Waals surface area contributed by atoms with E-state index in [1.165, 1.54) is 50.1 Å². The molecule has 0 bridgehead atoms. The van der Waals surface area contributed by atoms with Crippen LogP contribution in [0.4, 0.5) is 21.0 Å². The average Bonchev–Trinajstić information content (AvgIpc) is 4.16. The predicted molar refractivity (Wildman–Crippen MR) is 292 cm³/mol. The summed E-state index contributed by atoms with van der Waals surface area (Å²) in [6, 6.07) is 25.7. The lowest BCUT2D eigenvalue weighted by atomic mass is 9.97. The number of rotatable bonds is 19. The highest BCUT2D eigenvalue weighted by Crippen LogP contribution is 2.44. The molecule has 7 rings (SSSR count). The van der Waals surface area contributed by atoms with Crippen LogP contribution in [0.15, 0.2) is 113 Å². The molecule has 416 valence electrons. The number of nitrogens with zero attached hydrogens (tertiary/aromatic N) is 6. The number of alkyl carbamates (subject to hydrolysis) is 1. The van der Waals surface area contributed by atoms with Crippen molar-refractivity contribution in [3.63, 3.8) is 0 Å². The molecule has 3 amide bonds. The average molecular weight is 1110 g/mol. The predicted octanol–water partition coefficient (Wildman–Crippen LogP) is 7.19. The first-order valence-electron chi connectivity index (χ1n) is 24.8. The summed E-state index contributed by atoms with van der Waals surface area (Å²) < 4.78 is 94.1. The molecule has 2 atom stereocenters. The molecule has 22 nitrogen and oxygen atoms in total. The fraction of sp³-hybridized carbons (Fsp3) is 0.370. The van der Waals surface area contributed by atoms with Gasteiger partial charge in [-0.2, -0.15) is 9.10 Å². The SMILES string of the molecule is COc1ccc(CN(Cc2ccc(OC)cc2)S(=O)(=O)c2c(S(=O)(=O)N[C@@H]3CCN(C(=O)OC(C)(C)C)C3)ccc(-c3cccc(NC(=O)C(C)NC(=O)OC(C)(C)C)c3N)c2-c2nnn(Cc3ccc(OC)cc3)n2)cc1. The number of anilines is 2. The minimum absolute atomic E-state index is 0.0378. The molecule has 78 heavy (non-hydrogen) atoms. The number of aromatic nitrogens is 4. The first kappa shape index (κ1) is 57.9. The zero-order valence-corrected chi connectivity index (χ0v) is 46.8. The van der Waals surface area contributed by atoms with Gasteiger partial charge in [0.1, 0.15) is 44.3 Å². The van der Waals surface area contributed by atoms with Gasteiger partial charge in [0.25, 0.3) is 0 Å². The summed E-state index contributed by atoms with van der Waals surface area (Å²) in [5.74, 6) is 0.662. The molecule has 24 heteroatoms. The Hall–Kier alpha value is -7.80. The van der Waals surface area contributed by atoms with E-state index in [-0.39, 0.29) is 73.0 Å². The molecule has 0 radical (unpaired) electrons. The van der Waals surface area contributed by atoms with Crippen LogP contribution < -0.4 is 35.3 Å². The molecule has 1 fully saturated rings. The second kappa shape index (κ2) is 23.8. The molecule has 5 aromatic carbocycles. The van der Waals surface area contributed by atoms with Gasteiger partial charge < -0.3 is 45.0 Å². The van der Waals surface area contributed by atoms with Crippen LogP contribution in [0.1, 0.15) is 71.6 Å². The third-order valence-corrected chi connectivity index (χ3v) is 15.7. The van der Waals surface area contributed by atoms with Gasteiger partial charge in [0.05, 0.1) is 44.8 Å². The minimum atomic E-state index is -5.09. The van der Waals surface area contributed by atoms with Crippen LogP contribution >= 0.6 is 0 Å². The Bertz CT molecular complexity index is 3290. The number of ether oxygens (including phenoxy) is 5. The lowest BCUT2D eigenvalue weighted by Crippen LogP contribution is -2.44. The van der Waals surface area contributed by atoms with E-state index in [0.717, 1.165) is 15.9 Å². The highest BCUT2D eigenvalue weighted by atomic mass is 32.2. The number of carbonyl (C=O) groups excluding carboxylic acids is 3. The number of nitrogens with two attached hydrogens (primary N) is 1. The van der Waals surface area contributed by atoms with Gasteiger partial charge in [-0.25, -0.2) is 31.1 Å². The highest BCUT2D eigenvalue weighted by molar-refractivity contribution is 7.92. The number of hydrogen-bond donors (Lipinski definition) is 4. The highest BCUT2D eigenvalue weighted by Gasteiger charge is 2.40. The summed E-state index contributed by atoms with van der Waals surface area (Å²) in [6.07, 6.45) is -1.29. The van der Waals surface area contributed by atoms with Gasteiger partial charge in [-0.05, 0) is 131 Å². The molecule has 1 saturated heterocycles. The number of hydrogen-bond acceptors (Lipinski definition) is 16. The quantitative estimate of drug-likeness (QED) is 0.0584. The van der Waals surface area contributed by atoms with E-state index in [0.29, 0.717) is 28.4 Å².